The fourth-order valence-corrected chi connectivity index (χ4v) is 3.97. The van der Waals surface area contributed by atoms with Gasteiger partial charge in [0.1, 0.15) is 11.3 Å². The van der Waals surface area contributed by atoms with Gasteiger partial charge in [0.25, 0.3) is 5.56 Å². The first-order valence-electron chi connectivity index (χ1n) is 9.77. The van der Waals surface area contributed by atoms with E-state index >= 15 is 0 Å². The molecule has 2 heterocycles. The van der Waals surface area contributed by atoms with E-state index in [4.69, 9.17) is 9.47 Å². The lowest BCUT2D eigenvalue weighted by Crippen LogP contribution is -2.28. The van der Waals surface area contributed by atoms with Gasteiger partial charge in [0.2, 0.25) is 11.1 Å². The molecule has 0 bridgehead atoms. The molecule has 4 rings (SSSR count). The van der Waals surface area contributed by atoms with Gasteiger partial charge in [0.05, 0.1) is 25.7 Å². The Kier molecular flexibility index (Phi) is 6.31. The van der Waals surface area contributed by atoms with Gasteiger partial charge in [-0.1, -0.05) is 11.8 Å². The summed E-state index contributed by atoms with van der Waals surface area (Å²) in [5, 5.41) is 11.4. The average molecular weight is 469 g/mol. The van der Waals surface area contributed by atoms with Crippen molar-refractivity contribution in [3.05, 3.63) is 64.7 Å². The van der Waals surface area contributed by atoms with E-state index in [1.807, 2.05) is 0 Å². The van der Waals surface area contributed by atoms with Gasteiger partial charge in [-0.3, -0.25) is 9.59 Å². The quantitative estimate of drug-likeness (QED) is 0.415. The number of fused-ring (bicyclic) bond motifs is 1. The molecule has 0 aliphatic heterocycles. The highest BCUT2D eigenvalue weighted by atomic mass is 32.2. The number of rotatable bonds is 7. The molecule has 170 valence electrons. The second-order valence-corrected chi connectivity index (χ2v) is 7.89. The summed E-state index contributed by atoms with van der Waals surface area (Å²) in [4.78, 5) is 26.4. The van der Waals surface area contributed by atoms with Crippen LogP contribution in [0.1, 0.15) is 0 Å². The van der Waals surface area contributed by atoms with Crippen LogP contribution in [0.3, 0.4) is 0 Å². The predicted molar refractivity (Wildman–Crippen MR) is 123 cm³/mol. The average Bonchev–Trinajstić information content (AvgIpc) is 3.29. The number of methoxy groups -OCH3 is 2. The molecule has 11 heteroatoms. The van der Waals surface area contributed by atoms with E-state index < -0.39 is 5.56 Å². The molecule has 0 aliphatic rings. The van der Waals surface area contributed by atoms with Crippen molar-refractivity contribution in [3.8, 4) is 22.8 Å². The van der Waals surface area contributed by atoms with Crippen LogP contribution in [0.25, 0.3) is 16.8 Å². The third-order valence-electron chi connectivity index (χ3n) is 4.97. The third kappa shape index (κ3) is 4.53. The normalized spacial score (nSPS) is 10.9. The zero-order chi connectivity index (χ0) is 23.5. The Morgan fingerprint density at radius 3 is 2.55 bits per heavy atom. The number of hydrogen-bond acceptors (Lipinski definition) is 7. The third-order valence-corrected chi connectivity index (χ3v) is 5.88. The Balaban J connectivity index is 1.60. The highest BCUT2D eigenvalue weighted by Crippen LogP contribution is 2.32. The molecule has 0 atom stereocenters. The summed E-state index contributed by atoms with van der Waals surface area (Å²) in [6.45, 7) is 0. The molecular weight excluding hydrogens is 449 g/mol. The van der Waals surface area contributed by atoms with E-state index in [0.29, 0.717) is 28.0 Å². The fraction of sp³-hybridized carbons (Fsp3) is 0.182. The summed E-state index contributed by atoms with van der Waals surface area (Å²) in [5.74, 6) is 0.540. The zero-order valence-electron chi connectivity index (χ0n) is 18.0. The van der Waals surface area contributed by atoms with Crippen LogP contribution < -0.4 is 19.9 Å². The monoisotopic (exact) mass is 469 g/mol. The first-order chi connectivity index (χ1) is 15.9. The van der Waals surface area contributed by atoms with Crippen LogP contribution in [-0.2, 0) is 4.79 Å². The summed E-state index contributed by atoms with van der Waals surface area (Å²) in [5.41, 5.74) is 1.70. The minimum Gasteiger partial charge on any atom is -0.493 e. The number of carbonyl (C=O) groups is 1. The smallest absolute Gasteiger partial charge is 0.290 e. The van der Waals surface area contributed by atoms with Gasteiger partial charge >= 0.3 is 0 Å². The van der Waals surface area contributed by atoms with Gasteiger partial charge in [-0.2, -0.15) is 5.10 Å². The lowest BCUT2D eigenvalue weighted by atomic mass is 10.1. The van der Waals surface area contributed by atoms with Crippen LogP contribution in [0.2, 0.25) is 0 Å². The fourth-order valence-electron chi connectivity index (χ4n) is 3.15. The largest absolute Gasteiger partial charge is 0.493 e. The number of benzene rings is 2. The van der Waals surface area contributed by atoms with Crippen LogP contribution in [0.15, 0.2) is 58.5 Å². The first-order valence-corrected chi connectivity index (χ1v) is 10.8. The lowest BCUT2D eigenvalue weighted by Gasteiger charge is -2.16. The maximum Gasteiger partial charge on any atom is 0.290 e. The van der Waals surface area contributed by atoms with Crippen molar-refractivity contribution in [2.75, 3.05) is 31.9 Å². The highest BCUT2D eigenvalue weighted by molar-refractivity contribution is 7.99. The number of halogens is 1. The Morgan fingerprint density at radius 1 is 1.12 bits per heavy atom. The summed E-state index contributed by atoms with van der Waals surface area (Å²) in [7, 11) is 4.69. The van der Waals surface area contributed by atoms with Crippen LogP contribution in [0.4, 0.5) is 10.1 Å². The molecule has 4 aromatic rings. The van der Waals surface area contributed by atoms with E-state index in [-0.39, 0.29) is 23.0 Å². The molecule has 2 aromatic carbocycles. The maximum absolute atomic E-state index is 13.1. The second kappa shape index (κ2) is 9.33. The van der Waals surface area contributed by atoms with Gasteiger partial charge in [-0.15, -0.1) is 5.10 Å². The summed E-state index contributed by atoms with van der Waals surface area (Å²) < 4.78 is 25.1. The van der Waals surface area contributed by atoms with Crippen LogP contribution in [0, 0.1) is 5.82 Å². The van der Waals surface area contributed by atoms with Crippen molar-refractivity contribution >= 4 is 28.9 Å². The van der Waals surface area contributed by atoms with Gasteiger partial charge in [0.15, 0.2) is 11.5 Å². The van der Waals surface area contributed by atoms with Gasteiger partial charge in [-0.05, 0) is 48.5 Å². The molecular formula is C22H20FN5O4S. The first kappa shape index (κ1) is 22.3. The number of nitrogens with zero attached hydrogens (tertiary/aromatic N) is 4. The van der Waals surface area contributed by atoms with Crippen LogP contribution >= 0.6 is 11.8 Å². The molecule has 0 radical (unpaired) electrons. The Morgan fingerprint density at radius 2 is 1.85 bits per heavy atom. The van der Waals surface area contributed by atoms with E-state index in [1.165, 1.54) is 40.8 Å². The number of amides is 1. The molecule has 2 aromatic heterocycles. The molecule has 1 N–H and O–H groups in total. The molecule has 0 fully saturated rings. The number of ether oxygens (including phenoxy) is 2. The SMILES string of the molecule is COc1ccc(-c2cc3c(=O)[nH]nc(SCC(=O)N(C)c4ccc(F)cc4)n3n2)cc1OC. The Bertz CT molecular complexity index is 1370. The molecule has 0 unspecified atom stereocenters. The Hall–Kier alpha value is -3.86. The van der Waals surface area contributed by atoms with Crippen LogP contribution in [-0.4, -0.2) is 52.7 Å². The van der Waals surface area contributed by atoms with Gasteiger partial charge in [-0.25, -0.2) is 14.0 Å². The number of hydrogen-bond donors (Lipinski definition) is 1. The summed E-state index contributed by atoms with van der Waals surface area (Å²) in [6.07, 6.45) is 0. The second-order valence-electron chi connectivity index (χ2n) is 6.95. The Labute approximate surface area is 192 Å². The zero-order valence-corrected chi connectivity index (χ0v) is 18.9. The van der Waals surface area contributed by atoms with E-state index in [9.17, 15) is 14.0 Å². The number of thioether (sulfide) groups is 1. The topological polar surface area (TPSA) is 102 Å². The maximum atomic E-state index is 13.1. The number of H-pyrrole nitrogens is 1. The minimum atomic E-state index is -0.409. The van der Waals surface area contributed by atoms with Crippen molar-refractivity contribution in [1.82, 2.24) is 19.8 Å². The van der Waals surface area contributed by atoms with Crippen molar-refractivity contribution < 1.29 is 18.7 Å². The van der Waals surface area contributed by atoms with E-state index in [1.54, 1.807) is 38.4 Å². The van der Waals surface area contributed by atoms with Crippen LogP contribution in [0.5, 0.6) is 11.5 Å². The highest BCUT2D eigenvalue weighted by Gasteiger charge is 2.17. The standard InChI is InChI=1S/C22H20FN5O4S/c1-27(15-7-5-14(23)6-8-15)20(29)12-33-22-25-24-21(30)17-11-16(26-28(17)22)13-4-9-18(31-2)19(10-13)32-3/h4-11H,12H2,1-3H3,(H,24,30). The molecule has 1 amide bonds. The molecule has 0 saturated heterocycles. The molecule has 33 heavy (non-hydrogen) atoms. The number of carbonyl (C=O) groups excluding carboxylic acids is 1. The van der Waals surface area contributed by atoms with E-state index in [0.717, 1.165) is 17.3 Å². The van der Waals surface area contributed by atoms with E-state index in [2.05, 4.69) is 15.3 Å². The summed E-state index contributed by atoms with van der Waals surface area (Å²) in [6, 6.07) is 12.6. The molecule has 0 spiro atoms. The van der Waals surface area contributed by atoms with Crippen molar-refractivity contribution in [2.45, 2.75) is 5.16 Å². The number of anilines is 1. The number of aromatic nitrogens is 4. The molecule has 9 nitrogen and oxygen atoms in total. The van der Waals surface area contributed by atoms with Gasteiger partial charge < -0.3 is 14.4 Å². The number of nitrogens with one attached hydrogen (secondary N) is 1. The summed E-state index contributed by atoms with van der Waals surface area (Å²) >= 11 is 1.12. The predicted octanol–water partition coefficient (Wildman–Crippen LogP) is 3.00. The van der Waals surface area contributed by atoms with Crippen molar-refractivity contribution in [2.24, 2.45) is 0 Å². The lowest BCUT2D eigenvalue weighted by molar-refractivity contribution is -0.115. The number of aromatic amines is 1. The molecule has 0 saturated carbocycles. The van der Waals surface area contributed by atoms with Crippen molar-refractivity contribution in [3.63, 3.8) is 0 Å². The van der Waals surface area contributed by atoms with Gasteiger partial charge in [0, 0.05) is 18.3 Å². The molecule has 0 aliphatic carbocycles. The van der Waals surface area contributed by atoms with Crippen molar-refractivity contribution in [1.29, 1.82) is 0 Å². The minimum absolute atomic E-state index is 0.0353.